The first-order valence-electron chi connectivity index (χ1n) is 21.7. The molecule has 4 heteroatoms. The number of ether oxygens (including phenoxy) is 1. The van der Waals surface area contributed by atoms with E-state index in [9.17, 15) is 0 Å². The van der Waals surface area contributed by atoms with Gasteiger partial charge in [0, 0.05) is 33.2 Å². The van der Waals surface area contributed by atoms with Gasteiger partial charge in [0.2, 0.25) is 0 Å². The van der Waals surface area contributed by atoms with E-state index in [4.69, 9.17) is 19.7 Å². The zero-order chi connectivity index (χ0) is 41.9. The van der Waals surface area contributed by atoms with Crippen molar-refractivity contribution < 1.29 is 4.74 Å². The maximum Gasteiger partial charge on any atom is 0.164 e. The van der Waals surface area contributed by atoms with E-state index in [-0.39, 0.29) is 5.41 Å². The van der Waals surface area contributed by atoms with E-state index in [0.29, 0.717) is 17.5 Å². The lowest BCUT2D eigenvalue weighted by Gasteiger charge is -2.39. The molecule has 1 aromatic heterocycles. The van der Waals surface area contributed by atoms with Gasteiger partial charge in [-0.25, -0.2) is 15.0 Å². The van der Waals surface area contributed by atoms with E-state index in [1.807, 2.05) is 18.2 Å². The Bertz CT molecular complexity index is 3490. The molecule has 1 aliphatic heterocycles. The number of para-hydroxylation sites is 2. The SMILES string of the molecule is CC1(C)c2cc(-c3nc(-c4ccccc4)nc(-c4ccc5ccccc5c4)n3)ccc2-c2ccc(-c3cccc4c3-c3ccccc3C43c4ccccc4Oc4ccccc43)cc21. The molecule has 0 saturated carbocycles. The van der Waals surface area contributed by atoms with Crippen molar-refractivity contribution in [3.63, 3.8) is 0 Å². The molecule has 0 atom stereocenters. The first kappa shape index (κ1) is 35.8. The zero-order valence-electron chi connectivity index (χ0n) is 34.8. The van der Waals surface area contributed by atoms with Gasteiger partial charge in [-0.15, -0.1) is 0 Å². The van der Waals surface area contributed by atoms with Gasteiger partial charge in [0.15, 0.2) is 17.5 Å². The van der Waals surface area contributed by atoms with Crippen LogP contribution < -0.4 is 4.74 Å². The van der Waals surface area contributed by atoms with Crippen LogP contribution in [-0.2, 0) is 10.8 Å². The van der Waals surface area contributed by atoms with Gasteiger partial charge < -0.3 is 4.74 Å². The Kier molecular flexibility index (Phi) is 7.54. The van der Waals surface area contributed by atoms with E-state index in [0.717, 1.165) is 33.6 Å². The maximum absolute atomic E-state index is 6.60. The van der Waals surface area contributed by atoms with Crippen LogP contribution in [-0.4, -0.2) is 15.0 Å². The van der Waals surface area contributed by atoms with Crippen molar-refractivity contribution in [3.8, 4) is 79.0 Å². The summed E-state index contributed by atoms with van der Waals surface area (Å²) in [6, 6.07) is 71.9. The molecule has 0 fully saturated rings. The van der Waals surface area contributed by atoms with Gasteiger partial charge in [0.25, 0.3) is 0 Å². The van der Waals surface area contributed by atoms with Crippen LogP contribution >= 0.6 is 0 Å². The van der Waals surface area contributed by atoms with Crippen molar-refractivity contribution in [2.45, 2.75) is 24.7 Å². The minimum Gasteiger partial charge on any atom is -0.457 e. The predicted octanol–water partition coefficient (Wildman–Crippen LogP) is 14.5. The van der Waals surface area contributed by atoms with Crippen LogP contribution in [0.4, 0.5) is 0 Å². The summed E-state index contributed by atoms with van der Waals surface area (Å²) in [5.41, 5.74) is 17.1. The molecule has 0 amide bonds. The molecular formula is C59H39N3O. The van der Waals surface area contributed by atoms with Gasteiger partial charge in [-0.1, -0.05) is 184 Å². The molecule has 0 saturated heterocycles. The topological polar surface area (TPSA) is 47.9 Å². The average Bonchev–Trinajstić information content (AvgIpc) is 3.76. The van der Waals surface area contributed by atoms with Crippen molar-refractivity contribution in [2.24, 2.45) is 0 Å². The number of rotatable bonds is 4. The molecule has 10 aromatic rings. The molecule has 296 valence electrons. The second kappa shape index (κ2) is 13.3. The molecule has 0 radical (unpaired) electrons. The summed E-state index contributed by atoms with van der Waals surface area (Å²) in [4.78, 5) is 15.3. The number of hydrogen-bond acceptors (Lipinski definition) is 4. The van der Waals surface area contributed by atoms with Crippen molar-refractivity contribution in [3.05, 3.63) is 234 Å². The van der Waals surface area contributed by atoms with E-state index >= 15 is 0 Å². The third-order valence-corrected chi connectivity index (χ3v) is 13.8. The van der Waals surface area contributed by atoms with Crippen molar-refractivity contribution >= 4 is 10.8 Å². The Morgan fingerprint density at radius 2 is 0.841 bits per heavy atom. The third kappa shape index (κ3) is 5.12. The van der Waals surface area contributed by atoms with E-state index in [1.165, 1.54) is 72.1 Å². The van der Waals surface area contributed by atoms with Crippen LogP contribution in [0.25, 0.3) is 78.3 Å². The van der Waals surface area contributed by atoms with E-state index in [2.05, 4.69) is 196 Å². The Morgan fingerprint density at radius 1 is 0.333 bits per heavy atom. The molecule has 4 nitrogen and oxygen atoms in total. The third-order valence-electron chi connectivity index (χ3n) is 13.8. The fraction of sp³-hybridized carbons (Fsp3) is 0.0678. The summed E-state index contributed by atoms with van der Waals surface area (Å²) >= 11 is 0. The van der Waals surface area contributed by atoms with Gasteiger partial charge in [0.1, 0.15) is 11.5 Å². The predicted molar refractivity (Wildman–Crippen MR) is 254 cm³/mol. The Morgan fingerprint density at radius 3 is 1.56 bits per heavy atom. The summed E-state index contributed by atoms with van der Waals surface area (Å²) in [5, 5.41) is 2.33. The molecular weight excluding hydrogens is 767 g/mol. The lowest BCUT2D eigenvalue weighted by Crippen LogP contribution is -2.32. The van der Waals surface area contributed by atoms with Crippen LogP contribution in [0.3, 0.4) is 0 Å². The van der Waals surface area contributed by atoms with Crippen LogP contribution in [0, 0.1) is 0 Å². The molecule has 1 spiro atoms. The van der Waals surface area contributed by atoms with Crippen LogP contribution in [0.2, 0.25) is 0 Å². The highest BCUT2D eigenvalue weighted by molar-refractivity contribution is 5.97. The van der Waals surface area contributed by atoms with Crippen LogP contribution in [0.1, 0.15) is 47.2 Å². The number of aromatic nitrogens is 3. The first-order chi connectivity index (χ1) is 31.0. The molecule has 13 rings (SSSR count). The highest BCUT2D eigenvalue weighted by Gasteiger charge is 2.51. The molecule has 63 heavy (non-hydrogen) atoms. The molecule has 3 aliphatic rings. The van der Waals surface area contributed by atoms with E-state index < -0.39 is 5.41 Å². The Labute approximate surface area is 366 Å². The fourth-order valence-electron chi connectivity index (χ4n) is 10.9. The zero-order valence-corrected chi connectivity index (χ0v) is 34.8. The lowest BCUT2D eigenvalue weighted by molar-refractivity contribution is 0.436. The summed E-state index contributed by atoms with van der Waals surface area (Å²) in [7, 11) is 0. The summed E-state index contributed by atoms with van der Waals surface area (Å²) < 4.78 is 6.60. The van der Waals surface area contributed by atoms with E-state index in [1.54, 1.807) is 0 Å². The van der Waals surface area contributed by atoms with Crippen molar-refractivity contribution in [1.82, 2.24) is 15.0 Å². The molecule has 2 heterocycles. The van der Waals surface area contributed by atoms with Gasteiger partial charge in [-0.3, -0.25) is 0 Å². The van der Waals surface area contributed by atoms with Crippen molar-refractivity contribution in [1.29, 1.82) is 0 Å². The second-order valence-electron chi connectivity index (χ2n) is 17.5. The lowest BCUT2D eigenvalue weighted by atomic mass is 9.66. The van der Waals surface area contributed by atoms with Gasteiger partial charge in [-0.2, -0.15) is 0 Å². The summed E-state index contributed by atoms with van der Waals surface area (Å²) in [6.07, 6.45) is 0. The standard InChI is InChI=1S/C59H39N3O/c1-58(2)50-34-39(42-20-14-24-49-54(42)45-19-8-9-21-46(45)59(49)47-22-10-12-25-52(47)63-53-26-13-11-23-48(53)59)29-31-43(50)44-32-30-41(35-51(44)58)57-61-55(37-16-4-3-5-17-37)60-56(62-57)40-28-27-36-15-6-7-18-38(36)33-40/h3-35H,1-2H3. The van der Waals surface area contributed by atoms with Gasteiger partial charge in [-0.05, 0) is 96.7 Å². The normalized spacial score (nSPS) is 14.3. The summed E-state index contributed by atoms with van der Waals surface area (Å²) in [6.45, 7) is 4.70. The number of benzene rings is 9. The van der Waals surface area contributed by atoms with Crippen molar-refractivity contribution in [2.75, 3.05) is 0 Å². The van der Waals surface area contributed by atoms with Crippen LogP contribution in [0.5, 0.6) is 11.5 Å². The quantitative estimate of drug-likeness (QED) is 0.178. The second-order valence-corrected chi connectivity index (χ2v) is 17.5. The fourth-order valence-corrected chi connectivity index (χ4v) is 10.9. The Hall–Kier alpha value is -7.95. The van der Waals surface area contributed by atoms with Gasteiger partial charge in [0.05, 0.1) is 5.41 Å². The summed E-state index contributed by atoms with van der Waals surface area (Å²) in [5.74, 6) is 3.77. The minimum atomic E-state index is -0.514. The number of hydrogen-bond donors (Lipinski definition) is 0. The number of fused-ring (bicyclic) bond motifs is 13. The number of nitrogens with zero attached hydrogens (tertiary/aromatic N) is 3. The average molecular weight is 806 g/mol. The maximum atomic E-state index is 6.60. The first-order valence-corrected chi connectivity index (χ1v) is 21.7. The smallest absolute Gasteiger partial charge is 0.164 e. The van der Waals surface area contributed by atoms with Gasteiger partial charge >= 0.3 is 0 Å². The largest absolute Gasteiger partial charge is 0.457 e. The molecule has 0 bridgehead atoms. The minimum absolute atomic E-state index is 0.289. The highest BCUT2D eigenvalue weighted by atomic mass is 16.5. The van der Waals surface area contributed by atoms with Crippen LogP contribution in [0.15, 0.2) is 200 Å². The molecule has 0 unspecified atom stereocenters. The monoisotopic (exact) mass is 805 g/mol. The molecule has 0 N–H and O–H groups in total. The Balaban J connectivity index is 0.941. The molecule has 9 aromatic carbocycles. The highest BCUT2D eigenvalue weighted by Crippen LogP contribution is 2.63. The molecule has 2 aliphatic carbocycles.